The van der Waals surface area contributed by atoms with E-state index in [1.54, 1.807) is 19.3 Å². The molecule has 0 aliphatic rings. The van der Waals surface area contributed by atoms with E-state index in [1.807, 2.05) is 23.6 Å². The second-order valence-corrected chi connectivity index (χ2v) is 7.78. The van der Waals surface area contributed by atoms with Crippen molar-refractivity contribution in [2.75, 3.05) is 5.32 Å². The third-order valence-electron chi connectivity index (χ3n) is 3.80. The van der Waals surface area contributed by atoms with Crippen molar-refractivity contribution in [1.29, 1.82) is 0 Å². The van der Waals surface area contributed by atoms with Gasteiger partial charge < -0.3 is 14.3 Å². The van der Waals surface area contributed by atoms with Gasteiger partial charge in [0.15, 0.2) is 22.6 Å². The van der Waals surface area contributed by atoms with Gasteiger partial charge in [-0.2, -0.15) is 0 Å². The average Bonchev–Trinajstić information content (AvgIpc) is 3.34. The number of hydrogen-bond acceptors (Lipinski definition) is 7. The first kappa shape index (κ1) is 19.2. The quantitative estimate of drug-likeness (QED) is 0.581. The summed E-state index contributed by atoms with van der Waals surface area (Å²) in [6, 6.07) is 5.36. The van der Waals surface area contributed by atoms with E-state index in [-0.39, 0.29) is 11.2 Å². The Balaban J connectivity index is 1.81. The van der Waals surface area contributed by atoms with Crippen LogP contribution >= 0.6 is 11.8 Å². The van der Waals surface area contributed by atoms with Gasteiger partial charge in [0.25, 0.3) is 0 Å². The third-order valence-corrected chi connectivity index (χ3v) is 5.14. The van der Waals surface area contributed by atoms with E-state index in [1.165, 1.54) is 11.8 Å². The average molecular weight is 389 g/mol. The molecule has 0 saturated heterocycles. The minimum absolute atomic E-state index is 0.144. The minimum Gasteiger partial charge on any atom is -0.461 e. The maximum Gasteiger partial charge on any atom is 0.239 e. The molecule has 1 N–H and O–H groups in total. The molecule has 1 amide bonds. The summed E-state index contributed by atoms with van der Waals surface area (Å²) in [6.45, 7) is 8.71. The zero-order valence-corrected chi connectivity index (χ0v) is 16.6. The first-order valence-electron chi connectivity index (χ1n) is 8.85. The lowest BCUT2D eigenvalue weighted by atomic mass is 10.2. The van der Waals surface area contributed by atoms with Gasteiger partial charge in [0, 0.05) is 12.6 Å². The van der Waals surface area contributed by atoms with E-state index >= 15 is 0 Å². The molecular weight excluding hydrogens is 366 g/mol. The number of carbonyl (C=O) groups is 1. The maximum atomic E-state index is 12.6. The predicted octanol–water partition coefficient (Wildman–Crippen LogP) is 4.00. The van der Waals surface area contributed by atoms with Crippen LogP contribution in [0, 0.1) is 12.8 Å². The SMILES string of the molecule is CCC(Sc1nnc(-c2ccco2)n1CC(C)C)C(=O)Nc1cc(C)on1. The van der Waals surface area contributed by atoms with E-state index in [9.17, 15) is 4.79 Å². The molecule has 8 nitrogen and oxygen atoms in total. The number of carbonyl (C=O) groups excluding carboxylic acids is 1. The van der Waals surface area contributed by atoms with Crippen molar-refractivity contribution in [1.82, 2.24) is 19.9 Å². The molecule has 0 spiro atoms. The number of hydrogen-bond donors (Lipinski definition) is 1. The molecule has 1 atom stereocenters. The lowest BCUT2D eigenvalue weighted by Gasteiger charge is -2.15. The molecule has 0 aromatic carbocycles. The van der Waals surface area contributed by atoms with Crippen LogP contribution in [0.3, 0.4) is 0 Å². The van der Waals surface area contributed by atoms with Crippen LogP contribution in [-0.2, 0) is 11.3 Å². The maximum absolute atomic E-state index is 12.6. The number of rotatable bonds is 8. The van der Waals surface area contributed by atoms with Gasteiger partial charge in [-0.05, 0) is 31.4 Å². The van der Waals surface area contributed by atoms with Gasteiger partial charge in [0.1, 0.15) is 5.76 Å². The Morgan fingerprint density at radius 3 is 2.78 bits per heavy atom. The van der Waals surface area contributed by atoms with Crippen LogP contribution in [0.1, 0.15) is 33.0 Å². The molecule has 144 valence electrons. The van der Waals surface area contributed by atoms with Crippen LogP contribution < -0.4 is 5.32 Å². The van der Waals surface area contributed by atoms with Crippen LogP contribution in [-0.4, -0.2) is 31.1 Å². The normalized spacial score (nSPS) is 12.5. The van der Waals surface area contributed by atoms with E-state index in [0.717, 1.165) is 6.54 Å². The molecule has 0 aliphatic heterocycles. The van der Waals surface area contributed by atoms with Crippen LogP contribution in [0.2, 0.25) is 0 Å². The molecular formula is C18H23N5O3S. The van der Waals surface area contributed by atoms with Crippen LogP contribution in [0.25, 0.3) is 11.6 Å². The largest absolute Gasteiger partial charge is 0.461 e. The van der Waals surface area contributed by atoms with Crippen molar-refractivity contribution >= 4 is 23.5 Å². The summed E-state index contributed by atoms with van der Waals surface area (Å²) in [5.74, 6) is 2.63. The molecule has 1 unspecified atom stereocenters. The van der Waals surface area contributed by atoms with Crippen LogP contribution in [0.15, 0.2) is 38.6 Å². The molecule has 0 fully saturated rings. The summed E-state index contributed by atoms with van der Waals surface area (Å²) in [5, 5.41) is 15.6. The topological polar surface area (TPSA) is 99.0 Å². The fourth-order valence-electron chi connectivity index (χ4n) is 2.58. The van der Waals surface area contributed by atoms with Gasteiger partial charge in [-0.1, -0.05) is 37.7 Å². The number of anilines is 1. The lowest BCUT2D eigenvalue weighted by molar-refractivity contribution is -0.115. The number of nitrogens with one attached hydrogen (secondary N) is 1. The van der Waals surface area contributed by atoms with Gasteiger partial charge in [-0.15, -0.1) is 10.2 Å². The molecule has 0 aliphatic carbocycles. The minimum atomic E-state index is -0.332. The van der Waals surface area contributed by atoms with Crippen molar-refractivity contribution in [3.8, 4) is 11.6 Å². The molecule has 27 heavy (non-hydrogen) atoms. The highest BCUT2D eigenvalue weighted by Gasteiger charge is 2.24. The number of furan rings is 1. The number of aromatic nitrogens is 4. The summed E-state index contributed by atoms with van der Waals surface area (Å²) in [4.78, 5) is 12.6. The molecule has 9 heteroatoms. The Hall–Kier alpha value is -2.55. The second-order valence-electron chi connectivity index (χ2n) is 6.61. The summed E-state index contributed by atoms with van der Waals surface area (Å²) in [7, 11) is 0. The van der Waals surface area contributed by atoms with Crippen molar-refractivity contribution in [3.63, 3.8) is 0 Å². The van der Waals surface area contributed by atoms with E-state index in [2.05, 4.69) is 34.5 Å². The Morgan fingerprint density at radius 2 is 2.19 bits per heavy atom. The van der Waals surface area contributed by atoms with Gasteiger partial charge in [-0.3, -0.25) is 9.36 Å². The monoisotopic (exact) mass is 389 g/mol. The second kappa shape index (κ2) is 8.43. The fraction of sp³-hybridized carbons (Fsp3) is 0.444. The van der Waals surface area contributed by atoms with E-state index in [4.69, 9.17) is 8.94 Å². The van der Waals surface area contributed by atoms with Crippen LogP contribution in [0.4, 0.5) is 5.82 Å². The van der Waals surface area contributed by atoms with E-state index < -0.39 is 0 Å². The van der Waals surface area contributed by atoms with Gasteiger partial charge in [0.05, 0.1) is 11.5 Å². The molecule has 0 saturated carbocycles. The molecule has 0 radical (unpaired) electrons. The summed E-state index contributed by atoms with van der Waals surface area (Å²) < 4.78 is 12.5. The standard InChI is InChI=1S/C18H23N5O3S/c1-5-14(17(24)19-15-9-12(4)26-22-15)27-18-21-20-16(13-7-6-8-25-13)23(18)10-11(2)3/h6-9,11,14H,5,10H2,1-4H3,(H,19,22,24). The smallest absolute Gasteiger partial charge is 0.239 e. The summed E-state index contributed by atoms with van der Waals surface area (Å²) in [6.07, 6.45) is 2.25. The van der Waals surface area contributed by atoms with Gasteiger partial charge in [-0.25, -0.2) is 0 Å². The molecule has 3 heterocycles. The summed E-state index contributed by atoms with van der Waals surface area (Å²) in [5.41, 5.74) is 0. The van der Waals surface area contributed by atoms with Crippen molar-refractivity contribution in [2.45, 2.75) is 51.1 Å². The zero-order chi connectivity index (χ0) is 19.4. The van der Waals surface area contributed by atoms with Crippen LogP contribution in [0.5, 0.6) is 0 Å². The predicted molar refractivity (Wildman–Crippen MR) is 102 cm³/mol. The fourth-order valence-corrected chi connectivity index (χ4v) is 3.54. The molecule has 3 aromatic rings. The molecule has 3 rings (SSSR count). The Morgan fingerprint density at radius 1 is 1.37 bits per heavy atom. The first-order chi connectivity index (χ1) is 13.0. The Bertz CT molecular complexity index is 885. The van der Waals surface area contributed by atoms with E-state index in [0.29, 0.717) is 40.7 Å². The van der Waals surface area contributed by atoms with Gasteiger partial charge in [0.2, 0.25) is 5.91 Å². The number of amides is 1. The Labute approximate surface area is 161 Å². The van der Waals surface area contributed by atoms with Crippen molar-refractivity contribution < 1.29 is 13.7 Å². The number of nitrogens with zero attached hydrogens (tertiary/aromatic N) is 4. The Kier molecular flexibility index (Phi) is 6.00. The highest BCUT2D eigenvalue weighted by Crippen LogP contribution is 2.29. The zero-order valence-electron chi connectivity index (χ0n) is 15.8. The molecule has 3 aromatic heterocycles. The highest BCUT2D eigenvalue weighted by molar-refractivity contribution is 8.00. The first-order valence-corrected chi connectivity index (χ1v) is 9.73. The third kappa shape index (κ3) is 4.60. The number of thioether (sulfide) groups is 1. The lowest BCUT2D eigenvalue weighted by Crippen LogP contribution is -2.25. The molecule has 0 bridgehead atoms. The van der Waals surface area contributed by atoms with Crippen molar-refractivity contribution in [2.24, 2.45) is 5.92 Å². The highest BCUT2D eigenvalue weighted by atomic mass is 32.2. The number of aryl methyl sites for hydroxylation is 1. The van der Waals surface area contributed by atoms with Gasteiger partial charge >= 0.3 is 0 Å². The summed E-state index contributed by atoms with van der Waals surface area (Å²) >= 11 is 1.39. The van der Waals surface area contributed by atoms with Crippen molar-refractivity contribution in [3.05, 3.63) is 30.2 Å².